The number of carbonyl (C=O) groups excluding carboxylic acids is 1. The molecule has 0 bridgehead atoms. The van der Waals surface area contributed by atoms with Crippen LogP contribution < -0.4 is 10.9 Å². The molecule has 2 heterocycles. The van der Waals surface area contributed by atoms with Gasteiger partial charge in [-0.25, -0.2) is 8.42 Å². The molecule has 30 heavy (non-hydrogen) atoms. The van der Waals surface area contributed by atoms with Crippen molar-refractivity contribution in [3.05, 3.63) is 68.6 Å². The zero-order valence-electron chi connectivity index (χ0n) is 15.9. The van der Waals surface area contributed by atoms with E-state index in [0.29, 0.717) is 31.9 Å². The van der Waals surface area contributed by atoms with Crippen LogP contribution in [-0.4, -0.2) is 54.4 Å². The number of hydrogen-bond acceptors (Lipinski definition) is 7. The Labute approximate surface area is 172 Å². The Bertz CT molecular complexity index is 1090. The van der Waals surface area contributed by atoms with Gasteiger partial charge in [-0.15, -0.1) is 0 Å². The van der Waals surface area contributed by atoms with E-state index >= 15 is 0 Å². The monoisotopic (exact) mass is 436 g/mol. The second-order valence-corrected chi connectivity index (χ2v) is 8.49. The van der Waals surface area contributed by atoms with Crippen molar-refractivity contribution < 1.29 is 22.9 Å². The Morgan fingerprint density at radius 3 is 2.43 bits per heavy atom. The number of amides is 1. The maximum absolute atomic E-state index is 12.6. The van der Waals surface area contributed by atoms with Crippen LogP contribution in [0.3, 0.4) is 0 Å². The Morgan fingerprint density at radius 2 is 1.80 bits per heavy atom. The SMILES string of the molecule is O=C(Cn1cc([N+](=O)[O-])ccc1=O)NCc1ccc(S(=O)(=O)N2CCOCC2)cc1. The number of benzene rings is 1. The normalized spacial score (nSPS) is 14.9. The molecule has 1 N–H and O–H groups in total. The second kappa shape index (κ2) is 9.15. The third kappa shape index (κ3) is 5.09. The zero-order valence-corrected chi connectivity index (χ0v) is 16.7. The average molecular weight is 436 g/mol. The molecule has 0 aliphatic carbocycles. The number of pyridine rings is 1. The Balaban J connectivity index is 1.60. The minimum absolute atomic E-state index is 0.112. The van der Waals surface area contributed by atoms with Crippen LogP contribution in [0.4, 0.5) is 5.69 Å². The molecule has 160 valence electrons. The quantitative estimate of drug-likeness (QED) is 0.479. The molecule has 0 atom stereocenters. The molecule has 1 aliphatic heterocycles. The molecule has 0 saturated carbocycles. The zero-order chi connectivity index (χ0) is 21.7. The van der Waals surface area contributed by atoms with E-state index in [-0.39, 0.29) is 23.7 Å². The topological polar surface area (TPSA) is 141 Å². The number of rotatable bonds is 7. The Kier molecular flexibility index (Phi) is 6.59. The molecule has 11 nitrogen and oxygen atoms in total. The van der Waals surface area contributed by atoms with Gasteiger partial charge in [0.05, 0.1) is 29.2 Å². The smallest absolute Gasteiger partial charge is 0.285 e. The van der Waals surface area contributed by atoms with Crippen molar-refractivity contribution in [2.24, 2.45) is 0 Å². The summed E-state index contributed by atoms with van der Waals surface area (Å²) in [4.78, 5) is 34.2. The molecule has 1 aromatic heterocycles. The summed E-state index contributed by atoms with van der Waals surface area (Å²) in [7, 11) is -3.59. The van der Waals surface area contributed by atoms with Crippen molar-refractivity contribution in [3.63, 3.8) is 0 Å². The van der Waals surface area contributed by atoms with E-state index in [1.165, 1.54) is 16.4 Å². The van der Waals surface area contributed by atoms with Crippen LogP contribution in [0, 0.1) is 10.1 Å². The van der Waals surface area contributed by atoms with Crippen molar-refractivity contribution in [2.75, 3.05) is 26.3 Å². The molecule has 12 heteroatoms. The van der Waals surface area contributed by atoms with Crippen LogP contribution in [0.5, 0.6) is 0 Å². The summed E-state index contributed by atoms with van der Waals surface area (Å²) in [5, 5.41) is 13.4. The third-order valence-electron chi connectivity index (χ3n) is 4.51. The molecular formula is C18H20N4O7S. The first-order chi connectivity index (χ1) is 14.3. The third-order valence-corrected chi connectivity index (χ3v) is 6.43. The molecule has 0 radical (unpaired) electrons. The van der Waals surface area contributed by atoms with Crippen LogP contribution in [-0.2, 0) is 32.6 Å². The van der Waals surface area contributed by atoms with Gasteiger partial charge in [0.1, 0.15) is 6.54 Å². The highest BCUT2D eigenvalue weighted by Crippen LogP contribution is 2.17. The van der Waals surface area contributed by atoms with Crippen LogP contribution in [0.25, 0.3) is 0 Å². The maximum Gasteiger partial charge on any atom is 0.285 e. The fraction of sp³-hybridized carbons (Fsp3) is 0.333. The summed E-state index contributed by atoms with van der Waals surface area (Å²) in [6.07, 6.45) is 1.01. The van der Waals surface area contributed by atoms with Crippen LogP contribution in [0.1, 0.15) is 5.56 Å². The van der Waals surface area contributed by atoms with Gasteiger partial charge in [-0.2, -0.15) is 4.31 Å². The van der Waals surface area contributed by atoms with Gasteiger partial charge < -0.3 is 10.1 Å². The van der Waals surface area contributed by atoms with Crippen molar-refractivity contribution >= 4 is 21.6 Å². The number of carbonyl (C=O) groups is 1. The van der Waals surface area contributed by atoms with E-state index in [1.807, 2.05) is 0 Å². The highest BCUT2D eigenvalue weighted by molar-refractivity contribution is 7.89. The van der Waals surface area contributed by atoms with E-state index in [1.54, 1.807) is 12.1 Å². The molecule has 1 aromatic carbocycles. The number of hydrogen-bond donors (Lipinski definition) is 1. The van der Waals surface area contributed by atoms with Crippen molar-refractivity contribution in [1.29, 1.82) is 0 Å². The van der Waals surface area contributed by atoms with Gasteiger partial charge in [0, 0.05) is 31.8 Å². The lowest BCUT2D eigenvalue weighted by Crippen LogP contribution is -2.40. The van der Waals surface area contributed by atoms with Gasteiger partial charge in [0.15, 0.2) is 0 Å². The molecule has 2 aromatic rings. The van der Waals surface area contributed by atoms with Crippen LogP contribution in [0.2, 0.25) is 0 Å². The molecular weight excluding hydrogens is 416 g/mol. The number of ether oxygens (including phenoxy) is 1. The fourth-order valence-electron chi connectivity index (χ4n) is 2.88. The van der Waals surface area contributed by atoms with Crippen molar-refractivity contribution in [3.8, 4) is 0 Å². The minimum Gasteiger partial charge on any atom is -0.379 e. The number of nitrogens with one attached hydrogen (secondary N) is 1. The first kappa shape index (κ1) is 21.6. The number of sulfonamides is 1. The second-order valence-electron chi connectivity index (χ2n) is 6.55. The van der Waals surface area contributed by atoms with Gasteiger partial charge >= 0.3 is 0 Å². The molecule has 0 spiro atoms. The summed E-state index contributed by atoms with van der Waals surface area (Å²) in [6.45, 7) is 1.06. The molecule has 0 unspecified atom stereocenters. The van der Waals surface area contributed by atoms with Gasteiger partial charge in [0.2, 0.25) is 15.9 Å². The van der Waals surface area contributed by atoms with Gasteiger partial charge in [-0.1, -0.05) is 12.1 Å². The summed E-state index contributed by atoms with van der Waals surface area (Å²) in [5.74, 6) is -0.511. The Hall–Kier alpha value is -3.09. The highest BCUT2D eigenvalue weighted by atomic mass is 32.2. The molecule has 1 saturated heterocycles. The largest absolute Gasteiger partial charge is 0.379 e. The van der Waals surface area contributed by atoms with Crippen LogP contribution in [0.15, 0.2) is 52.3 Å². The maximum atomic E-state index is 12.6. The molecule has 1 fully saturated rings. The molecule has 1 amide bonds. The Morgan fingerprint density at radius 1 is 1.13 bits per heavy atom. The van der Waals surface area contributed by atoms with Crippen LogP contribution >= 0.6 is 0 Å². The predicted octanol–water partition coefficient (Wildman–Crippen LogP) is 0.0938. The predicted molar refractivity (Wildman–Crippen MR) is 105 cm³/mol. The lowest BCUT2D eigenvalue weighted by atomic mass is 10.2. The molecule has 1 aliphatic rings. The number of nitro groups is 1. The summed E-state index contributed by atoms with van der Waals surface area (Å²) in [5.41, 5.74) is -0.163. The first-order valence-electron chi connectivity index (χ1n) is 9.06. The fourth-order valence-corrected chi connectivity index (χ4v) is 4.28. The van der Waals surface area contributed by atoms with E-state index in [2.05, 4.69) is 5.32 Å². The number of morpholine rings is 1. The number of nitrogens with zero attached hydrogens (tertiary/aromatic N) is 3. The van der Waals surface area contributed by atoms with E-state index in [9.17, 15) is 28.1 Å². The summed E-state index contributed by atoms with van der Waals surface area (Å²) in [6, 6.07) is 8.22. The first-order valence-corrected chi connectivity index (χ1v) is 10.5. The average Bonchev–Trinajstić information content (AvgIpc) is 2.74. The van der Waals surface area contributed by atoms with E-state index < -0.39 is 26.4 Å². The standard InChI is InChI=1S/C18H20N4O7S/c23-17(13-20-12-15(22(25)26)3-6-18(20)24)19-11-14-1-4-16(5-2-14)30(27,28)21-7-9-29-10-8-21/h1-6,12H,7-11,13H2,(H,19,23). The highest BCUT2D eigenvalue weighted by Gasteiger charge is 2.26. The van der Waals surface area contributed by atoms with E-state index in [0.717, 1.165) is 22.9 Å². The minimum atomic E-state index is -3.59. The van der Waals surface area contributed by atoms with Crippen molar-refractivity contribution in [2.45, 2.75) is 18.0 Å². The van der Waals surface area contributed by atoms with Gasteiger partial charge in [-0.05, 0) is 17.7 Å². The number of aromatic nitrogens is 1. The lowest BCUT2D eigenvalue weighted by Gasteiger charge is -2.26. The lowest BCUT2D eigenvalue weighted by molar-refractivity contribution is -0.385. The van der Waals surface area contributed by atoms with Gasteiger partial charge in [0.25, 0.3) is 11.2 Å². The summed E-state index contributed by atoms with van der Waals surface area (Å²) >= 11 is 0. The van der Waals surface area contributed by atoms with Gasteiger partial charge in [-0.3, -0.25) is 24.3 Å². The molecule has 3 rings (SSSR count). The van der Waals surface area contributed by atoms with Crippen molar-refractivity contribution in [1.82, 2.24) is 14.2 Å². The van der Waals surface area contributed by atoms with E-state index in [4.69, 9.17) is 4.74 Å². The summed E-state index contributed by atoms with van der Waals surface area (Å²) < 4.78 is 32.7.